The number of nitrogens with zero attached hydrogens (tertiary/aromatic N) is 2. The van der Waals surface area contributed by atoms with Crippen LogP contribution in [0.4, 0.5) is 0 Å². The number of aliphatic hydroxyl groups is 1. The largest absolute Gasteiger partial charge is 0.497 e. The first-order valence-corrected chi connectivity index (χ1v) is 9.57. The zero-order valence-electron chi connectivity index (χ0n) is 16.2. The maximum Gasteiger partial charge on any atom is 0.309 e. The van der Waals surface area contributed by atoms with Gasteiger partial charge in [-0.2, -0.15) is 0 Å². The fourth-order valence-electron chi connectivity index (χ4n) is 4.29. The molecule has 2 aromatic heterocycles. The van der Waals surface area contributed by atoms with Crippen LogP contribution in [-0.2, 0) is 28.3 Å². The second-order valence-electron chi connectivity index (χ2n) is 7.59. The average Bonchev–Trinajstić information content (AvgIpc) is 3.01. The Morgan fingerprint density at radius 1 is 1.28 bits per heavy atom. The van der Waals surface area contributed by atoms with Crippen molar-refractivity contribution in [1.82, 2.24) is 9.55 Å². The van der Waals surface area contributed by atoms with Crippen molar-refractivity contribution >= 4 is 16.9 Å². The van der Waals surface area contributed by atoms with Crippen molar-refractivity contribution in [3.8, 4) is 17.1 Å². The number of benzene rings is 1. The lowest BCUT2D eigenvalue weighted by Gasteiger charge is -2.26. The van der Waals surface area contributed by atoms with Gasteiger partial charge >= 0.3 is 5.97 Å². The third kappa shape index (κ3) is 2.57. The second kappa shape index (κ2) is 6.15. The summed E-state index contributed by atoms with van der Waals surface area (Å²) in [5.41, 5.74) is 2.23. The van der Waals surface area contributed by atoms with E-state index < -0.39 is 11.6 Å². The van der Waals surface area contributed by atoms with E-state index in [-0.39, 0.29) is 18.6 Å². The molecule has 2 aliphatic heterocycles. The number of carbonyl (C=O) groups excluding carboxylic acids is 1. The number of fused-ring (bicyclic) bond motifs is 5. The van der Waals surface area contributed by atoms with E-state index in [0.29, 0.717) is 29.8 Å². The SMILES string of the molecule is CCC1(O)CC(=O)OCc2c1cc1n(c2=O)Cc2cc3cc(OC)ccc3nc2-1. The van der Waals surface area contributed by atoms with E-state index in [1.165, 1.54) is 0 Å². The van der Waals surface area contributed by atoms with E-state index in [0.717, 1.165) is 27.9 Å². The summed E-state index contributed by atoms with van der Waals surface area (Å²) in [6.07, 6.45) is 0.132. The van der Waals surface area contributed by atoms with Crippen LogP contribution in [0.3, 0.4) is 0 Å². The normalized spacial score (nSPS) is 19.9. The summed E-state index contributed by atoms with van der Waals surface area (Å²) < 4.78 is 12.1. The molecule has 0 aliphatic carbocycles. The summed E-state index contributed by atoms with van der Waals surface area (Å²) in [5, 5.41) is 12.1. The Hall–Kier alpha value is -3.19. The van der Waals surface area contributed by atoms with Gasteiger partial charge in [0.2, 0.25) is 0 Å². The maximum absolute atomic E-state index is 13.2. The first-order chi connectivity index (χ1) is 13.9. The maximum atomic E-state index is 13.2. The van der Waals surface area contributed by atoms with Crippen LogP contribution in [0.1, 0.15) is 36.5 Å². The lowest BCUT2D eigenvalue weighted by molar-refractivity contribution is -0.149. The van der Waals surface area contributed by atoms with Gasteiger partial charge in [0.15, 0.2) is 0 Å². The monoisotopic (exact) mass is 392 g/mol. The van der Waals surface area contributed by atoms with E-state index >= 15 is 0 Å². The standard InChI is InChI=1S/C22H20N2O5/c1-3-22(27)9-19(25)29-11-15-16(22)8-18-20-13(10-24(18)21(15)26)6-12-7-14(28-2)4-5-17(12)23-20/h4-8,27H,3,9-11H2,1-2H3. The van der Waals surface area contributed by atoms with E-state index in [1.807, 2.05) is 24.3 Å². The van der Waals surface area contributed by atoms with Crippen LogP contribution in [-0.4, -0.2) is 27.7 Å². The molecule has 1 aromatic carbocycles. The molecular weight excluding hydrogens is 372 g/mol. The van der Waals surface area contributed by atoms with Gasteiger partial charge in [-0.3, -0.25) is 9.59 Å². The van der Waals surface area contributed by atoms with Crippen molar-refractivity contribution in [2.45, 2.75) is 38.5 Å². The van der Waals surface area contributed by atoms with Crippen LogP contribution < -0.4 is 10.3 Å². The van der Waals surface area contributed by atoms with Gasteiger partial charge in [-0.1, -0.05) is 6.92 Å². The Labute approximate surface area is 166 Å². The number of carbonyl (C=O) groups is 1. The number of hydrogen-bond donors (Lipinski definition) is 1. The van der Waals surface area contributed by atoms with E-state index in [4.69, 9.17) is 14.5 Å². The molecule has 1 N–H and O–H groups in total. The number of ether oxygens (including phenoxy) is 2. The topological polar surface area (TPSA) is 90.7 Å². The Morgan fingerprint density at radius 3 is 2.86 bits per heavy atom. The molecule has 148 valence electrons. The molecule has 1 atom stereocenters. The highest BCUT2D eigenvalue weighted by Crippen LogP contribution is 2.39. The van der Waals surface area contributed by atoms with Gasteiger partial charge in [0.05, 0.1) is 42.5 Å². The third-order valence-electron chi connectivity index (χ3n) is 5.97. The number of hydrogen-bond acceptors (Lipinski definition) is 6. The molecule has 0 saturated carbocycles. The van der Waals surface area contributed by atoms with Gasteiger partial charge in [0.1, 0.15) is 18.0 Å². The van der Waals surface area contributed by atoms with Gasteiger partial charge in [-0.05, 0) is 42.3 Å². The first-order valence-electron chi connectivity index (χ1n) is 9.57. The number of methoxy groups -OCH3 is 1. The number of pyridine rings is 2. The summed E-state index contributed by atoms with van der Waals surface area (Å²) in [7, 11) is 1.62. The van der Waals surface area contributed by atoms with Gasteiger partial charge in [0, 0.05) is 10.9 Å². The van der Waals surface area contributed by atoms with Crippen LogP contribution in [0.15, 0.2) is 35.1 Å². The van der Waals surface area contributed by atoms with Crippen molar-refractivity contribution in [3.63, 3.8) is 0 Å². The highest BCUT2D eigenvalue weighted by molar-refractivity contribution is 5.85. The molecule has 0 radical (unpaired) electrons. The third-order valence-corrected chi connectivity index (χ3v) is 5.97. The van der Waals surface area contributed by atoms with E-state index in [1.54, 1.807) is 24.7 Å². The lowest BCUT2D eigenvalue weighted by atomic mass is 9.85. The number of esters is 1. The molecule has 0 saturated heterocycles. The minimum Gasteiger partial charge on any atom is -0.497 e. The Kier molecular flexibility index (Phi) is 3.79. The second-order valence-corrected chi connectivity index (χ2v) is 7.59. The minimum atomic E-state index is -1.43. The van der Waals surface area contributed by atoms with Gasteiger partial charge in [0.25, 0.3) is 5.56 Å². The van der Waals surface area contributed by atoms with Crippen LogP contribution >= 0.6 is 0 Å². The summed E-state index contributed by atoms with van der Waals surface area (Å²) in [4.78, 5) is 30.0. The van der Waals surface area contributed by atoms with Crippen molar-refractivity contribution in [2.75, 3.05) is 7.11 Å². The Bertz CT molecular complexity index is 1250. The minimum absolute atomic E-state index is 0.126. The Balaban J connectivity index is 1.75. The molecule has 7 nitrogen and oxygen atoms in total. The summed E-state index contributed by atoms with van der Waals surface area (Å²) in [5.74, 6) is 0.238. The Morgan fingerprint density at radius 2 is 2.10 bits per heavy atom. The molecule has 2 aliphatic rings. The molecule has 29 heavy (non-hydrogen) atoms. The van der Waals surface area contributed by atoms with Crippen molar-refractivity contribution in [1.29, 1.82) is 0 Å². The number of rotatable bonds is 2. The van der Waals surface area contributed by atoms with Gasteiger partial charge < -0.3 is 19.1 Å². The van der Waals surface area contributed by atoms with Crippen LogP contribution in [0.2, 0.25) is 0 Å². The van der Waals surface area contributed by atoms with Crippen molar-refractivity contribution in [3.05, 3.63) is 57.4 Å². The predicted octanol–water partition coefficient (Wildman–Crippen LogP) is 2.48. The molecule has 0 fully saturated rings. The predicted molar refractivity (Wildman–Crippen MR) is 106 cm³/mol. The quantitative estimate of drug-likeness (QED) is 0.527. The zero-order chi connectivity index (χ0) is 20.3. The van der Waals surface area contributed by atoms with E-state index in [2.05, 4.69) is 0 Å². The number of aromatic nitrogens is 2. The fraction of sp³-hybridized carbons (Fsp3) is 0.318. The van der Waals surface area contributed by atoms with Crippen LogP contribution in [0.25, 0.3) is 22.3 Å². The molecule has 0 bridgehead atoms. The molecule has 1 unspecified atom stereocenters. The van der Waals surface area contributed by atoms with Crippen molar-refractivity contribution < 1.29 is 19.4 Å². The average molecular weight is 392 g/mol. The fourth-order valence-corrected chi connectivity index (χ4v) is 4.29. The highest BCUT2D eigenvalue weighted by Gasteiger charge is 2.39. The summed E-state index contributed by atoms with van der Waals surface area (Å²) in [6, 6.07) is 9.46. The lowest BCUT2D eigenvalue weighted by Crippen LogP contribution is -2.32. The number of cyclic esters (lactones) is 1. The van der Waals surface area contributed by atoms with Gasteiger partial charge in [-0.15, -0.1) is 0 Å². The molecule has 0 amide bonds. The van der Waals surface area contributed by atoms with E-state index in [9.17, 15) is 14.7 Å². The molecule has 5 rings (SSSR count). The molecule has 4 heterocycles. The van der Waals surface area contributed by atoms with Crippen molar-refractivity contribution in [2.24, 2.45) is 0 Å². The summed E-state index contributed by atoms with van der Waals surface area (Å²) >= 11 is 0. The molecule has 7 heteroatoms. The van der Waals surface area contributed by atoms with Crippen LogP contribution in [0.5, 0.6) is 5.75 Å². The molecule has 0 spiro atoms. The molecule has 3 aromatic rings. The summed E-state index contributed by atoms with van der Waals surface area (Å²) in [6.45, 7) is 2.05. The first kappa shape index (κ1) is 17.9. The smallest absolute Gasteiger partial charge is 0.309 e. The zero-order valence-corrected chi connectivity index (χ0v) is 16.2. The molecular formula is C22H20N2O5. The van der Waals surface area contributed by atoms with Gasteiger partial charge in [-0.25, -0.2) is 4.98 Å². The van der Waals surface area contributed by atoms with Crippen LogP contribution in [0, 0.1) is 0 Å². The highest BCUT2D eigenvalue weighted by atomic mass is 16.5.